The summed E-state index contributed by atoms with van der Waals surface area (Å²) in [5.74, 6) is -0.924. The van der Waals surface area contributed by atoms with Gasteiger partial charge in [0.2, 0.25) is 5.91 Å². The Kier molecular flexibility index (Phi) is 2.44. The maximum Gasteiger partial charge on any atom is 0.308 e. The van der Waals surface area contributed by atoms with E-state index >= 15 is 0 Å². The molecule has 0 aromatic rings. The molecule has 14 heavy (non-hydrogen) atoms. The zero-order valence-corrected chi connectivity index (χ0v) is 8.11. The van der Waals surface area contributed by atoms with Crippen LogP contribution in [0, 0.1) is 5.92 Å². The molecule has 2 rings (SSSR count). The summed E-state index contributed by atoms with van der Waals surface area (Å²) in [6.45, 7) is 0.757. The van der Waals surface area contributed by atoms with Crippen molar-refractivity contribution < 1.29 is 14.7 Å². The highest BCUT2D eigenvalue weighted by Crippen LogP contribution is 2.32. The monoisotopic (exact) mass is 197 g/mol. The predicted molar refractivity (Wildman–Crippen MR) is 49.7 cm³/mol. The largest absolute Gasteiger partial charge is 0.481 e. The fraction of sp³-hybridized carbons (Fsp3) is 0.800. The maximum atomic E-state index is 11.5. The van der Waals surface area contributed by atoms with Crippen LogP contribution in [0.4, 0.5) is 0 Å². The van der Waals surface area contributed by atoms with E-state index < -0.39 is 5.97 Å². The maximum absolute atomic E-state index is 11.5. The first-order valence-electron chi connectivity index (χ1n) is 5.22. The first-order valence-corrected chi connectivity index (χ1v) is 5.22. The van der Waals surface area contributed by atoms with Gasteiger partial charge in [-0.1, -0.05) is 6.42 Å². The molecule has 1 N–H and O–H groups in total. The highest BCUT2D eigenvalue weighted by molar-refractivity contribution is 5.80. The van der Waals surface area contributed by atoms with Crippen LogP contribution < -0.4 is 0 Å². The predicted octanol–water partition coefficient (Wildman–Crippen LogP) is 0.862. The molecule has 0 spiro atoms. The Morgan fingerprint density at radius 1 is 1.36 bits per heavy atom. The number of likely N-dealkylation sites (tertiary alicyclic amines) is 1. The Morgan fingerprint density at radius 3 is 2.71 bits per heavy atom. The number of rotatable bonds is 2. The second-order valence-electron chi connectivity index (χ2n) is 4.13. The van der Waals surface area contributed by atoms with Gasteiger partial charge in [0.1, 0.15) is 0 Å². The number of aliphatic carboxylic acids is 1. The van der Waals surface area contributed by atoms with Crippen LogP contribution in [0.25, 0.3) is 0 Å². The lowest BCUT2D eigenvalue weighted by Crippen LogP contribution is -2.41. The van der Waals surface area contributed by atoms with Crippen molar-refractivity contribution in [2.45, 2.75) is 38.1 Å². The molecular weight excluding hydrogens is 182 g/mol. The van der Waals surface area contributed by atoms with Gasteiger partial charge in [0.15, 0.2) is 0 Å². The third kappa shape index (κ3) is 1.49. The topological polar surface area (TPSA) is 57.6 Å². The fourth-order valence-corrected chi connectivity index (χ4v) is 2.62. The van der Waals surface area contributed by atoms with Crippen molar-refractivity contribution >= 4 is 11.9 Å². The molecule has 1 heterocycles. The van der Waals surface area contributed by atoms with E-state index in [9.17, 15) is 9.59 Å². The minimum absolute atomic E-state index is 0.0255. The van der Waals surface area contributed by atoms with Crippen molar-refractivity contribution in [3.05, 3.63) is 0 Å². The Hall–Kier alpha value is -1.06. The summed E-state index contributed by atoms with van der Waals surface area (Å²) < 4.78 is 0. The number of carboxylic acids is 1. The van der Waals surface area contributed by atoms with E-state index in [0.29, 0.717) is 6.42 Å². The number of hydrogen-bond acceptors (Lipinski definition) is 2. The minimum Gasteiger partial charge on any atom is -0.481 e. The molecular formula is C10H15NO3. The van der Waals surface area contributed by atoms with Gasteiger partial charge in [0, 0.05) is 19.0 Å². The Bertz CT molecular complexity index is 264. The number of nitrogens with zero attached hydrogens (tertiary/aromatic N) is 1. The van der Waals surface area contributed by atoms with Crippen LogP contribution in [-0.2, 0) is 9.59 Å². The molecule has 2 unspecified atom stereocenters. The standard InChI is InChI=1S/C10H15NO3/c12-9-5-2-6-11(9)8-4-1-3-7(8)10(13)14/h7-8H,1-6H2,(H,13,14). The van der Waals surface area contributed by atoms with E-state index in [1.807, 2.05) is 0 Å². The summed E-state index contributed by atoms with van der Waals surface area (Å²) in [7, 11) is 0. The van der Waals surface area contributed by atoms with Crippen LogP contribution in [0.15, 0.2) is 0 Å². The molecule has 4 nitrogen and oxygen atoms in total. The second-order valence-corrected chi connectivity index (χ2v) is 4.13. The summed E-state index contributed by atoms with van der Waals surface area (Å²) in [4.78, 5) is 24.2. The number of amides is 1. The lowest BCUT2D eigenvalue weighted by Gasteiger charge is -2.27. The number of carboxylic acid groups (broad SMARTS) is 1. The van der Waals surface area contributed by atoms with E-state index in [4.69, 9.17) is 5.11 Å². The summed E-state index contributed by atoms with van der Waals surface area (Å²) in [5, 5.41) is 8.99. The van der Waals surface area contributed by atoms with Crippen molar-refractivity contribution in [3.8, 4) is 0 Å². The van der Waals surface area contributed by atoms with E-state index in [1.54, 1.807) is 4.90 Å². The molecule has 1 saturated carbocycles. The highest BCUT2D eigenvalue weighted by atomic mass is 16.4. The molecule has 0 aromatic heterocycles. The molecule has 1 amide bonds. The van der Waals surface area contributed by atoms with Gasteiger partial charge >= 0.3 is 5.97 Å². The smallest absolute Gasteiger partial charge is 0.308 e. The molecule has 1 aliphatic carbocycles. The molecule has 0 bridgehead atoms. The molecule has 2 atom stereocenters. The van der Waals surface area contributed by atoms with Crippen LogP contribution in [0.3, 0.4) is 0 Å². The number of hydrogen-bond donors (Lipinski definition) is 1. The number of carbonyl (C=O) groups excluding carboxylic acids is 1. The van der Waals surface area contributed by atoms with E-state index in [0.717, 1.165) is 32.2 Å². The molecule has 1 saturated heterocycles. The van der Waals surface area contributed by atoms with Gasteiger partial charge in [-0.25, -0.2) is 0 Å². The summed E-state index contributed by atoms with van der Waals surface area (Å²) in [5.41, 5.74) is 0. The quantitative estimate of drug-likeness (QED) is 0.714. The lowest BCUT2D eigenvalue weighted by atomic mass is 10.0. The fourth-order valence-electron chi connectivity index (χ4n) is 2.62. The van der Waals surface area contributed by atoms with Gasteiger partial charge in [-0.15, -0.1) is 0 Å². The third-order valence-corrected chi connectivity index (χ3v) is 3.31. The normalized spacial score (nSPS) is 32.6. The second kappa shape index (κ2) is 3.59. The molecule has 78 valence electrons. The van der Waals surface area contributed by atoms with Gasteiger partial charge in [0.05, 0.1) is 5.92 Å². The first-order chi connectivity index (χ1) is 6.70. The van der Waals surface area contributed by atoms with E-state index in [-0.39, 0.29) is 17.9 Å². The van der Waals surface area contributed by atoms with Crippen molar-refractivity contribution in [2.24, 2.45) is 5.92 Å². The van der Waals surface area contributed by atoms with Crippen LogP contribution in [0.1, 0.15) is 32.1 Å². The van der Waals surface area contributed by atoms with Crippen LogP contribution in [-0.4, -0.2) is 34.5 Å². The molecule has 1 aliphatic heterocycles. The summed E-state index contributed by atoms with van der Waals surface area (Å²) in [6.07, 6.45) is 4.02. The zero-order valence-electron chi connectivity index (χ0n) is 8.11. The van der Waals surface area contributed by atoms with Gasteiger partial charge in [-0.2, -0.15) is 0 Å². The summed E-state index contributed by atoms with van der Waals surface area (Å²) in [6, 6.07) is -0.0255. The van der Waals surface area contributed by atoms with Crippen LogP contribution >= 0.6 is 0 Å². The average molecular weight is 197 g/mol. The Balaban J connectivity index is 2.09. The van der Waals surface area contributed by atoms with Crippen LogP contribution in [0.5, 0.6) is 0 Å². The lowest BCUT2D eigenvalue weighted by molar-refractivity contribution is -0.144. The Morgan fingerprint density at radius 2 is 2.14 bits per heavy atom. The van der Waals surface area contributed by atoms with Crippen molar-refractivity contribution in [1.82, 2.24) is 4.90 Å². The zero-order chi connectivity index (χ0) is 10.1. The molecule has 2 fully saturated rings. The van der Waals surface area contributed by atoms with Gasteiger partial charge in [-0.05, 0) is 19.3 Å². The van der Waals surface area contributed by atoms with Crippen LogP contribution in [0.2, 0.25) is 0 Å². The number of carbonyl (C=O) groups is 2. The first kappa shape index (κ1) is 9.49. The minimum atomic E-state index is -0.743. The molecule has 4 heteroatoms. The SMILES string of the molecule is O=C(O)C1CCCC1N1CCCC1=O. The van der Waals surface area contributed by atoms with Gasteiger partial charge in [0.25, 0.3) is 0 Å². The molecule has 0 radical (unpaired) electrons. The molecule has 0 aromatic carbocycles. The van der Waals surface area contributed by atoms with E-state index in [1.165, 1.54) is 0 Å². The van der Waals surface area contributed by atoms with E-state index in [2.05, 4.69) is 0 Å². The van der Waals surface area contributed by atoms with Gasteiger partial charge < -0.3 is 10.0 Å². The third-order valence-electron chi connectivity index (χ3n) is 3.31. The van der Waals surface area contributed by atoms with Crippen molar-refractivity contribution in [2.75, 3.05) is 6.54 Å². The summed E-state index contributed by atoms with van der Waals surface area (Å²) >= 11 is 0. The van der Waals surface area contributed by atoms with Crippen molar-refractivity contribution in [3.63, 3.8) is 0 Å². The van der Waals surface area contributed by atoms with Gasteiger partial charge in [-0.3, -0.25) is 9.59 Å². The average Bonchev–Trinajstić information content (AvgIpc) is 2.70. The highest BCUT2D eigenvalue weighted by Gasteiger charge is 2.40. The Labute approximate surface area is 82.9 Å². The van der Waals surface area contributed by atoms with Crippen molar-refractivity contribution in [1.29, 1.82) is 0 Å². The molecule has 2 aliphatic rings.